The molecule has 1 saturated heterocycles. The van der Waals surface area contributed by atoms with Gasteiger partial charge in [0.15, 0.2) is 0 Å². The van der Waals surface area contributed by atoms with Gasteiger partial charge in [0, 0.05) is 32.3 Å². The second kappa shape index (κ2) is 6.75. The van der Waals surface area contributed by atoms with Gasteiger partial charge in [-0.25, -0.2) is 13.4 Å². The van der Waals surface area contributed by atoms with Crippen molar-refractivity contribution in [1.82, 2.24) is 9.55 Å². The Bertz CT molecular complexity index is 902. The molecule has 3 rings (SSSR count). The van der Waals surface area contributed by atoms with Gasteiger partial charge >= 0.3 is 0 Å². The van der Waals surface area contributed by atoms with Crippen molar-refractivity contribution in [2.75, 3.05) is 18.0 Å². The molecule has 0 atom stereocenters. The van der Waals surface area contributed by atoms with Crippen LogP contribution in [0.2, 0.25) is 0 Å². The molecule has 1 aromatic heterocycles. The summed E-state index contributed by atoms with van der Waals surface area (Å²) in [4.78, 5) is 16.5. The largest absolute Gasteiger partial charge is 0.356 e. The van der Waals surface area contributed by atoms with Crippen LogP contribution >= 0.6 is 15.9 Å². The first-order valence-corrected chi connectivity index (χ1v) is 10.1. The molecule has 0 unspecified atom stereocenters. The number of imidazole rings is 1. The topological polar surface area (TPSA) is 98.3 Å². The number of non-ortho nitro benzene ring substituents is 1. The summed E-state index contributed by atoms with van der Waals surface area (Å²) in [6.45, 7) is 1.71. The summed E-state index contributed by atoms with van der Waals surface area (Å²) < 4.78 is 27.8. The van der Waals surface area contributed by atoms with E-state index in [1.807, 2.05) is 0 Å². The lowest BCUT2D eigenvalue weighted by atomic mass is 10.1. The van der Waals surface area contributed by atoms with Crippen molar-refractivity contribution in [2.24, 2.45) is 7.05 Å². The Morgan fingerprint density at radius 2 is 1.76 bits per heavy atom. The molecule has 1 fully saturated rings. The van der Waals surface area contributed by atoms with E-state index in [1.165, 1.54) is 30.7 Å². The number of aromatic nitrogens is 2. The van der Waals surface area contributed by atoms with Crippen molar-refractivity contribution >= 4 is 37.3 Å². The van der Waals surface area contributed by atoms with Crippen LogP contribution in [0.4, 0.5) is 11.5 Å². The van der Waals surface area contributed by atoms with Gasteiger partial charge in [0.05, 0.1) is 9.82 Å². The molecule has 2 aromatic rings. The van der Waals surface area contributed by atoms with Gasteiger partial charge in [-0.05, 0) is 47.3 Å². The average Bonchev–Trinajstić information content (AvgIpc) is 2.91. The molecular formula is C15H17BrN4O4S. The molecule has 1 aliphatic rings. The van der Waals surface area contributed by atoms with Gasteiger partial charge in [-0.15, -0.1) is 0 Å². The molecule has 0 bridgehead atoms. The highest BCUT2D eigenvalue weighted by Crippen LogP contribution is 2.32. The molecule has 0 amide bonds. The summed E-state index contributed by atoms with van der Waals surface area (Å²) in [5.74, 6) is 0.736. The number of benzene rings is 1. The van der Waals surface area contributed by atoms with E-state index in [2.05, 4.69) is 25.8 Å². The van der Waals surface area contributed by atoms with E-state index >= 15 is 0 Å². The smallest absolute Gasteiger partial charge is 0.269 e. The molecule has 1 aromatic carbocycles. The lowest BCUT2D eigenvalue weighted by Crippen LogP contribution is -2.31. The predicted octanol–water partition coefficient (Wildman–Crippen LogP) is 2.91. The van der Waals surface area contributed by atoms with E-state index in [0.717, 1.165) is 31.7 Å². The maximum absolute atomic E-state index is 12.9. The van der Waals surface area contributed by atoms with Crippen molar-refractivity contribution in [3.05, 3.63) is 39.0 Å². The fraction of sp³-hybridized carbons (Fsp3) is 0.400. The van der Waals surface area contributed by atoms with E-state index in [-0.39, 0.29) is 15.7 Å². The van der Waals surface area contributed by atoms with Crippen LogP contribution in [0.3, 0.4) is 0 Å². The maximum Gasteiger partial charge on any atom is 0.269 e. The van der Waals surface area contributed by atoms with Gasteiger partial charge in [-0.2, -0.15) is 0 Å². The zero-order valence-electron chi connectivity index (χ0n) is 13.6. The highest BCUT2D eigenvalue weighted by atomic mass is 79.9. The number of piperidine rings is 1. The third-order valence-corrected chi connectivity index (χ3v) is 6.51. The van der Waals surface area contributed by atoms with E-state index < -0.39 is 14.8 Å². The maximum atomic E-state index is 12.9. The number of hydrogen-bond acceptors (Lipinski definition) is 6. The summed E-state index contributed by atoms with van der Waals surface area (Å²) in [7, 11) is -2.21. The highest BCUT2D eigenvalue weighted by Gasteiger charge is 2.29. The minimum absolute atomic E-state index is 0.0242. The zero-order chi connectivity index (χ0) is 18.2. The van der Waals surface area contributed by atoms with Crippen LogP contribution in [0, 0.1) is 10.1 Å². The Hall–Kier alpha value is -1.94. The van der Waals surface area contributed by atoms with Crippen LogP contribution in [-0.2, 0) is 16.9 Å². The monoisotopic (exact) mass is 428 g/mol. The first-order chi connectivity index (χ1) is 11.8. The lowest BCUT2D eigenvalue weighted by molar-refractivity contribution is -0.384. The number of sulfone groups is 1. The Labute approximate surface area is 153 Å². The van der Waals surface area contributed by atoms with Crippen LogP contribution in [-0.4, -0.2) is 36.0 Å². The van der Waals surface area contributed by atoms with Crippen molar-refractivity contribution in [2.45, 2.75) is 29.3 Å². The molecule has 134 valence electrons. The summed E-state index contributed by atoms with van der Waals surface area (Å²) in [5.41, 5.74) is -0.158. The van der Waals surface area contributed by atoms with Crippen LogP contribution in [0.1, 0.15) is 19.3 Å². The Balaban J connectivity index is 2.01. The molecule has 0 saturated carbocycles. The third-order valence-electron chi connectivity index (χ3n) is 4.24. The van der Waals surface area contributed by atoms with Crippen molar-refractivity contribution < 1.29 is 13.3 Å². The molecule has 1 aliphatic heterocycles. The van der Waals surface area contributed by atoms with Crippen LogP contribution in [0.25, 0.3) is 0 Å². The molecule has 0 N–H and O–H groups in total. The summed E-state index contributed by atoms with van der Waals surface area (Å²) in [5, 5.41) is 10.6. The molecule has 0 aliphatic carbocycles. The summed E-state index contributed by atoms with van der Waals surface area (Å²) in [6, 6.07) is 4.82. The number of nitrogens with zero attached hydrogens (tertiary/aromatic N) is 4. The van der Waals surface area contributed by atoms with Crippen LogP contribution < -0.4 is 4.90 Å². The Morgan fingerprint density at radius 1 is 1.16 bits per heavy atom. The van der Waals surface area contributed by atoms with Gasteiger partial charge in [0.1, 0.15) is 10.4 Å². The average molecular weight is 429 g/mol. The molecule has 0 radical (unpaired) electrons. The third kappa shape index (κ3) is 3.28. The van der Waals surface area contributed by atoms with E-state index in [0.29, 0.717) is 4.60 Å². The van der Waals surface area contributed by atoms with Gasteiger partial charge in [0.25, 0.3) is 5.69 Å². The van der Waals surface area contributed by atoms with Crippen molar-refractivity contribution in [1.29, 1.82) is 0 Å². The molecule has 10 heteroatoms. The number of halogens is 1. The van der Waals surface area contributed by atoms with Gasteiger partial charge in [-0.1, -0.05) is 0 Å². The van der Waals surface area contributed by atoms with Crippen molar-refractivity contribution in [3.63, 3.8) is 0 Å². The normalized spacial score (nSPS) is 15.4. The standard InChI is InChI=1S/C15H17BrN4O4S/c1-18-14(19-9-3-2-4-10-19)13(16)17-15(18)25(23,24)12-7-5-11(6-8-12)20(21)22/h5-8H,2-4,9-10H2,1H3. The van der Waals surface area contributed by atoms with E-state index in [1.54, 1.807) is 11.6 Å². The number of nitro groups is 1. The molecule has 2 heterocycles. The quantitative estimate of drug-likeness (QED) is 0.548. The zero-order valence-corrected chi connectivity index (χ0v) is 16.0. The second-order valence-electron chi connectivity index (χ2n) is 5.87. The molecule has 8 nitrogen and oxygen atoms in total. The van der Waals surface area contributed by atoms with Gasteiger partial charge < -0.3 is 9.47 Å². The first kappa shape index (κ1) is 17.9. The first-order valence-electron chi connectivity index (χ1n) is 7.79. The van der Waals surface area contributed by atoms with Crippen molar-refractivity contribution in [3.8, 4) is 0 Å². The number of rotatable bonds is 4. The molecule has 25 heavy (non-hydrogen) atoms. The number of nitro benzene ring substituents is 1. The summed E-state index contributed by atoms with van der Waals surface area (Å²) in [6.07, 6.45) is 3.28. The fourth-order valence-electron chi connectivity index (χ4n) is 2.98. The van der Waals surface area contributed by atoms with Crippen LogP contribution in [0.5, 0.6) is 0 Å². The van der Waals surface area contributed by atoms with Crippen LogP contribution in [0.15, 0.2) is 38.9 Å². The minimum Gasteiger partial charge on any atom is -0.356 e. The van der Waals surface area contributed by atoms with E-state index in [4.69, 9.17) is 0 Å². The summed E-state index contributed by atoms with van der Waals surface area (Å²) >= 11 is 3.37. The minimum atomic E-state index is -3.88. The SMILES string of the molecule is Cn1c(S(=O)(=O)c2ccc([N+](=O)[O-])cc2)nc(Br)c1N1CCCCC1. The highest BCUT2D eigenvalue weighted by molar-refractivity contribution is 9.10. The van der Waals surface area contributed by atoms with Gasteiger partial charge in [-0.3, -0.25) is 10.1 Å². The predicted molar refractivity (Wildman–Crippen MR) is 95.5 cm³/mol. The van der Waals surface area contributed by atoms with E-state index in [9.17, 15) is 18.5 Å². The molecular weight excluding hydrogens is 412 g/mol. The number of anilines is 1. The fourth-order valence-corrected chi connectivity index (χ4v) is 5.14. The van der Waals surface area contributed by atoms with Gasteiger partial charge in [0.2, 0.25) is 15.0 Å². The second-order valence-corrected chi connectivity index (χ2v) is 8.46. The molecule has 0 spiro atoms. The Kier molecular flexibility index (Phi) is 4.83. The number of hydrogen-bond donors (Lipinski definition) is 0. The lowest BCUT2D eigenvalue weighted by Gasteiger charge is -2.28. The Morgan fingerprint density at radius 3 is 2.32 bits per heavy atom.